The first kappa shape index (κ1) is 12.9. The Hall–Kier alpha value is -1.21. The monoisotopic (exact) mass is 246 g/mol. The van der Waals surface area contributed by atoms with Crippen molar-refractivity contribution in [1.29, 1.82) is 0 Å². The molecule has 0 aliphatic heterocycles. The molecule has 0 radical (unpaired) electrons. The van der Waals surface area contributed by atoms with Crippen LogP contribution in [-0.4, -0.2) is 25.4 Å². The Labute approximate surface area is 94.1 Å². The highest BCUT2D eigenvalue weighted by Gasteiger charge is 2.19. The standard InChI is InChI=1S/C9H14N2O4S/c1-6-4-9(10-15-6)5-16(13,14)11-7(2)8(3)12/h4,7,11H,5H2,1-3H3. The number of carbonyl (C=O) groups excluding carboxylic acids is 1. The van der Waals surface area contributed by atoms with Crippen molar-refractivity contribution in [2.75, 3.05) is 0 Å². The average Bonchev–Trinajstić information content (AvgIpc) is 2.48. The first-order valence-electron chi connectivity index (χ1n) is 4.73. The van der Waals surface area contributed by atoms with Crippen LogP contribution < -0.4 is 4.72 Å². The van der Waals surface area contributed by atoms with Gasteiger partial charge in [-0.2, -0.15) is 0 Å². The van der Waals surface area contributed by atoms with Gasteiger partial charge >= 0.3 is 0 Å². The Bertz CT molecular complexity index is 477. The Morgan fingerprint density at radius 3 is 2.69 bits per heavy atom. The van der Waals surface area contributed by atoms with Crippen LogP contribution in [0.5, 0.6) is 0 Å². The summed E-state index contributed by atoms with van der Waals surface area (Å²) in [7, 11) is -3.56. The lowest BCUT2D eigenvalue weighted by Gasteiger charge is -2.09. The van der Waals surface area contributed by atoms with Crippen molar-refractivity contribution in [2.45, 2.75) is 32.6 Å². The third-order valence-corrected chi connectivity index (χ3v) is 3.37. The Morgan fingerprint density at radius 2 is 2.25 bits per heavy atom. The first-order chi connectivity index (χ1) is 7.30. The number of Topliss-reactive ketones (excluding diaryl/α,β-unsaturated/α-hetero) is 1. The summed E-state index contributed by atoms with van der Waals surface area (Å²) in [6.45, 7) is 4.50. The van der Waals surface area contributed by atoms with Crippen LogP contribution in [-0.2, 0) is 20.6 Å². The molecular formula is C9H14N2O4S. The SMILES string of the molecule is CC(=O)C(C)NS(=O)(=O)Cc1cc(C)on1. The summed E-state index contributed by atoms with van der Waals surface area (Å²) in [6, 6.07) is 0.815. The maximum absolute atomic E-state index is 11.6. The van der Waals surface area contributed by atoms with Crippen LogP contribution in [0.2, 0.25) is 0 Å². The van der Waals surface area contributed by atoms with Crippen molar-refractivity contribution in [3.63, 3.8) is 0 Å². The van der Waals surface area contributed by atoms with Gasteiger partial charge in [0, 0.05) is 6.07 Å². The van der Waals surface area contributed by atoms with Gasteiger partial charge in [0.1, 0.15) is 23.0 Å². The lowest BCUT2D eigenvalue weighted by atomic mass is 10.3. The van der Waals surface area contributed by atoms with Crippen LogP contribution in [0.4, 0.5) is 0 Å². The molecule has 90 valence electrons. The second-order valence-corrected chi connectivity index (χ2v) is 5.39. The van der Waals surface area contributed by atoms with Crippen molar-refractivity contribution in [1.82, 2.24) is 9.88 Å². The second-order valence-electron chi connectivity index (χ2n) is 3.64. The molecule has 1 atom stereocenters. The smallest absolute Gasteiger partial charge is 0.218 e. The zero-order valence-corrected chi connectivity index (χ0v) is 10.2. The third kappa shape index (κ3) is 3.74. The summed E-state index contributed by atoms with van der Waals surface area (Å²) in [5, 5.41) is 3.57. The molecule has 1 aromatic rings. The number of aryl methyl sites for hydroxylation is 1. The number of aromatic nitrogens is 1. The molecule has 0 aliphatic carbocycles. The summed E-state index contributed by atoms with van der Waals surface area (Å²) < 4.78 is 30.2. The topological polar surface area (TPSA) is 89.3 Å². The van der Waals surface area contributed by atoms with Gasteiger partial charge in [-0.15, -0.1) is 0 Å². The molecule has 0 amide bonds. The molecule has 0 bridgehead atoms. The van der Waals surface area contributed by atoms with E-state index in [1.807, 2.05) is 0 Å². The number of hydrogen-bond donors (Lipinski definition) is 1. The fraction of sp³-hybridized carbons (Fsp3) is 0.556. The molecule has 6 nitrogen and oxygen atoms in total. The highest BCUT2D eigenvalue weighted by molar-refractivity contribution is 7.88. The minimum atomic E-state index is -3.56. The normalized spacial score (nSPS) is 13.7. The molecule has 16 heavy (non-hydrogen) atoms. The zero-order chi connectivity index (χ0) is 12.3. The van der Waals surface area contributed by atoms with E-state index in [9.17, 15) is 13.2 Å². The summed E-state index contributed by atoms with van der Waals surface area (Å²) in [5.74, 6) is 0.0202. The Balaban J connectivity index is 2.69. The highest BCUT2D eigenvalue weighted by atomic mass is 32.2. The number of nitrogens with one attached hydrogen (secondary N) is 1. The van der Waals surface area contributed by atoms with Crippen molar-refractivity contribution >= 4 is 15.8 Å². The molecule has 1 rings (SSSR count). The van der Waals surface area contributed by atoms with Gasteiger partial charge in [-0.25, -0.2) is 13.1 Å². The van der Waals surface area contributed by atoms with Gasteiger partial charge in [0.2, 0.25) is 10.0 Å². The summed E-state index contributed by atoms with van der Waals surface area (Å²) in [6.07, 6.45) is 0. The molecule has 1 aromatic heterocycles. The Morgan fingerprint density at radius 1 is 1.62 bits per heavy atom. The van der Waals surface area contributed by atoms with Gasteiger partial charge in [-0.3, -0.25) is 4.79 Å². The fourth-order valence-corrected chi connectivity index (χ4v) is 2.39. The molecule has 0 aliphatic rings. The lowest BCUT2D eigenvalue weighted by molar-refractivity contribution is -0.118. The van der Waals surface area contributed by atoms with E-state index in [4.69, 9.17) is 4.52 Å². The lowest BCUT2D eigenvalue weighted by Crippen LogP contribution is -2.37. The molecular weight excluding hydrogens is 232 g/mol. The van der Waals surface area contributed by atoms with Gasteiger partial charge in [0.15, 0.2) is 0 Å². The molecule has 0 aromatic carbocycles. The minimum absolute atomic E-state index is 0.236. The van der Waals surface area contributed by atoms with Crippen LogP contribution in [0.1, 0.15) is 25.3 Å². The quantitative estimate of drug-likeness (QED) is 0.811. The maximum atomic E-state index is 11.6. The number of carbonyl (C=O) groups is 1. The van der Waals surface area contributed by atoms with Gasteiger partial charge in [0.25, 0.3) is 0 Å². The molecule has 1 unspecified atom stereocenters. The predicted octanol–water partition coefficient (Wildman–Crippen LogP) is 0.380. The van der Waals surface area contributed by atoms with Gasteiger partial charge in [-0.05, 0) is 20.8 Å². The number of hydrogen-bond acceptors (Lipinski definition) is 5. The summed E-state index contributed by atoms with van der Waals surface area (Å²) >= 11 is 0. The van der Waals surface area contributed by atoms with Gasteiger partial charge in [0.05, 0.1) is 6.04 Å². The van der Waals surface area contributed by atoms with Crippen LogP contribution in [0.15, 0.2) is 10.6 Å². The van der Waals surface area contributed by atoms with Crippen molar-refractivity contribution < 1.29 is 17.7 Å². The number of sulfonamides is 1. The average molecular weight is 246 g/mol. The van der Waals surface area contributed by atoms with Crippen LogP contribution in [0.3, 0.4) is 0 Å². The molecule has 0 saturated heterocycles. The van der Waals surface area contributed by atoms with Gasteiger partial charge < -0.3 is 4.52 Å². The van der Waals surface area contributed by atoms with Crippen LogP contribution >= 0.6 is 0 Å². The summed E-state index contributed by atoms with van der Waals surface area (Å²) in [4.78, 5) is 10.9. The highest BCUT2D eigenvalue weighted by Crippen LogP contribution is 2.06. The number of ketones is 1. The van der Waals surface area contributed by atoms with Crippen molar-refractivity contribution in [3.8, 4) is 0 Å². The molecule has 1 N–H and O–H groups in total. The fourth-order valence-electron chi connectivity index (χ4n) is 1.07. The van der Waals surface area contributed by atoms with Crippen LogP contribution in [0, 0.1) is 6.92 Å². The first-order valence-corrected chi connectivity index (χ1v) is 6.38. The van der Waals surface area contributed by atoms with E-state index in [0.717, 1.165) is 0 Å². The Kier molecular flexibility index (Phi) is 3.82. The molecule has 0 fully saturated rings. The van der Waals surface area contributed by atoms with E-state index in [2.05, 4.69) is 9.88 Å². The maximum Gasteiger partial charge on any atom is 0.218 e. The van der Waals surface area contributed by atoms with E-state index in [1.54, 1.807) is 6.92 Å². The van der Waals surface area contributed by atoms with E-state index in [1.165, 1.54) is 19.9 Å². The van der Waals surface area contributed by atoms with E-state index >= 15 is 0 Å². The minimum Gasteiger partial charge on any atom is -0.361 e. The summed E-state index contributed by atoms with van der Waals surface area (Å²) in [5.41, 5.74) is 0.320. The predicted molar refractivity (Wildman–Crippen MR) is 57.1 cm³/mol. The van der Waals surface area contributed by atoms with Crippen LogP contribution in [0.25, 0.3) is 0 Å². The van der Waals surface area contributed by atoms with E-state index in [0.29, 0.717) is 11.5 Å². The molecule has 0 saturated carbocycles. The zero-order valence-electron chi connectivity index (χ0n) is 9.35. The van der Waals surface area contributed by atoms with Crippen molar-refractivity contribution in [2.24, 2.45) is 0 Å². The van der Waals surface area contributed by atoms with E-state index < -0.39 is 16.1 Å². The van der Waals surface area contributed by atoms with Gasteiger partial charge in [-0.1, -0.05) is 5.16 Å². The molecule has 1 heterocycles. The second kappa shape index (κ2) is 4.75. The van der Waals surface area contributed by atoms with Crippen molar-refractivity contribution in [3.05, 3.63) is 17.5 Å². The largest absolute Gasteiger partial charge is 0.361 e. The van der Waals surface area contributed by atoms with E-state index in [-0.39, 0.29) is 11.5 Å². The number of nitrogens with zero attached hydrogens (tertiary/aromatic N) is 1. The number of rotatable bonds is 5. The molecule has 0 spiro atoms. The molecule has 7 heteroatoms. The third-order valence-electron chi connectivity index (χ3n) is 1.98.